The molecule has 0 aromatic heterocycles. The number of carbonyl (C=O) groups excluding carboxylic acids is 3. The summed E-state index contributed by atoms with van der Waals surface area (Å²) in [6, 6.07) is 1.13. The number of hydrogen-bond acceptors (Lipinski definition) is 9. The van der Waals surface area contributed by atoms with Crippen LogP contribution in [0.4, 0.5) is 33.7 Å². The fourth-order valence-corrected chi connectivity index (χ4v) is 4.30. The first-order valence-corrected chi connectivity index (χ1v) is 11.2. The lowest BCUT2D eigenvalue weighted by molar-refractivity contribution is -0.150. The Bertz CT molecular complexity index is 1030. The Morgan fingerprint density at radius 3 is 2.61 bits per heavy atom. The molecule has 4 rings (SSSR count). The number of alkyl halides is 2. The summed E-state index contributed by atoms with van der Waals surface area (Å²) in [6.45, 7) is 1.44. The summed E-state index contributed by atoms with van der Waals surface area (Å²) in [5.41, 5.74) is 1.24. The van der Waals surface area contributed by atoms with Gasteiger partial charge in [-0.3, -0.25) is 19.9 Å². The van der Waals surface area contributed by atoms with Crippen molar-refractivity contribution in [1.29, 1.82) is 0 Å². The number of aliphatic hydroxyl groups excluding tert-OH is 1. The molecule has 2 amide bonds. The average Bonchev–Trinajstić information content (AvgIpc) is 3.42. The van der Waals surface area contributed by atoms with Gasteiger partial charge in [0.05, 0.1) is 18.3 Å². The Balaban J connectivity index is 1.42. The second-order valence-corrected chi connectivity index (χ2v) is 8.71. The van der Waals surface area contributed by atoms with E-state index in [0.717, 1.165) is 17.0 Å². The van der Waals surface area contributed by atoms with Crippen LogP contribution in [-0.4, -0.2) is 91.7 Å². The Labute approximate surface area is 202 Å². The number of nitrogens with zero attached hydrogens (tertiary/aromatic N) is 3. The molecular weight excluding hydrogens is 494 g/mol. The van der Waals surface area contributed by atoms with E-state index in [1.54, 1.807) is 0 Å². The maximum absolute atomic E-state index is 15.1. The van der Waals surface area contributed by atoms with Crippen LogP contribution in [0.25, 0.3) is 0 Å². The van der Waals surface area contributed by atoms with E-state index in [9.17, 15) is 28.3 Å². The van der Waals surface area contributed by atoms with E-state index in [1.165, 1.54) is 16.8 Å². The van der Waals surface area contributed by atoms with Crippen molar-refractivity contribution in [1.82, 2.24) is 15.8 Å². The minimum Gasteiger partial charge on any atom is -0.462 e. The maximum atomic E-state index is 15.1. The molecule has 1 aromatic carbocycles. The van der Waals surface area contributed by atoms with E-state index in [0.29, 0.717) is 0 Å². The molecule has 2 saturated heterocycles. The zero-order valence-electron chi connectivity index (χ0n) is 19.2. The number of rotatable bonds is 7. The summed E-state index contributed by atoms with van der Waals surface area (Å²) < 4.78 is 65.1. The van der Waals surface area contributed by atoms with E-state index in [4.69, 9.17) is 9.47 Å². The summed E-state index contributed by atoms with van der Waals surface area (Å²) in [5.74, 6) is -3.92. The molecule has 15 heteroatoms. The molecule has 3 unspecified atom stereocenters. The van der Waals surface area contributed by atoms with E-state index in [1.807, 2.05) is 0 Å². The number of amides is 2. The van der Waals surface area contributed by atoms with Crippen LogP contribution >= 0.6 is 0 Å². The predicted molar refractivity (Wildman–Crippen MR) is 115 cm³/mol. The molecule has 0 radical (unpaired) electrons. The minimum atomic E-state index is -3.22. The van der Waals surface area contributed by atoms with Gasteiger partial charge in [0, 0.05) is 51.7 Å². The van der Waals surface area contributed by atoms with Gasteiger partial charge in [-0.25, -0.2) is 18.6 Å². The van der Waals surface area contributed by atoms with Crippen molar-refractivity contribution in [3.05, 3.63) is 23.8 Å². The zero-order valence-corrected chi connectivity index (χ0v) is 19.2. The van der Waals surface area contributed by atoms with Gasteiger partial charge in [0.1, 0.15) is 12.3 Å². The quantitative estimate of drug-likeness (QED) is 0.345. The Hall–Kier alpha value is -3.17. The summed E-state index contributed by atoms with van der Waals surface area (Å²) in [7, 11) is 0. The highest BCUT2D eigenvalue weighted by molar-refractivity contribution is 5.91. The largest absolute Gasteiger partial charge is 0.462 e. The van der Waals surface area contributed by atoms with Crippen LogP contribution in [0.1, 0.15) is 13.3 Å². The van der Waals surface area contributed by atoms with Crippen LogP contribution in [0.3, 0.4) is 0 Å². The Morgan fingerprint density at radius 2 is 1.97 bits per heavy atom. The second-order valence-electron chi connectivity index (χ2n) is 8.71. The standard InChI is InChI=1S/C21H25F4N5O6/c1-11(31)35-9-16(32)30-5-4-28(3-2-26-30)17-13(22)6-12(7-14(17)23)29-10-21(36-20(29)34)8-15(21)27-19(33)18(24)25/h6-7,15-16,18,26,32H,2-5,8-10H2,1H3,(H,27,33). The van der Waals surface area contributed by atoms with E-state index in [-0.39, 0.29) is 57.1 Å². The topological polar surface area (TPSA) is 124 Å². The summed E-state index contributed by atoms with van der Waals surface area (Å²) in [6.07, 6.45) is -5.18. The molecule has 1 saturated carbocycles. The molecule has 3 N–H and O–H groups in total. The molecule has 1 aliphatic carbocycles. The fourth-order valence-electron chi connectivity index (χ4n) is 4.30. The molecule has 0 bridgehead atoms. The molecule has 1 spiro atoms. The average molecular weight is 519 g/mol. The molecule has 36 heavy (non-hydrogen) atoms. The summed E-state index contributed by atoms with van der Waals surface area (Å²) in [4.78, 5) is 36.9. The third-order valence-corrected chi connectivity index (χ3v) is 6.21. The molecule has 198 valence electrons. The van der Waals surface area contributed by atoms with Crippen molar-refractivity contribution in [2.75, 3.05) is 49.1 Å². The molecule has 3 aliphatic rings. The van der Waals surface area contributed by atoms with Crippen molar-refractivity contribution in [2.24, 2.45) is 0 Å². The zero-order chi connectivity index (χ0) is 26.2. The molecule has 2 aliphatic heterocycles. The molecule has 3 atom stereocenters. The lowest BCUT2D eigenvalue weighted by Crippen LogP contribution is -2.48. The van der Waals surface area contributed by atoms with E-state index < -0.39 is 53.9 Å². The summed E-state index contributed by atoms with van der Waals surface area (Å²) >= 11 is 0. The molecule has 3 fully saturated rings. The number of esters is 1. The predicted octanol–water partition coefficient (Wildman–Crippen LogP) is 0.322. The second kappa shape index (κ2) is 10.1. The lowest BCUT2D eigenvalue weighted by Gasteiger charge is -2.27. The SMILES string of the molecule is CC(=O)OCC(O)N1CCN(c2c(F)cc(N3CC4(CC4NC(=O)C(F)F)OC3=O)cc2F)CCN1. The maximum Gasteiger partial charge on any atom is 0.415 e. The highest BCUT2D eigenvalue weighted by Crippen LogP contribution is 2.46. The lowest BCUT2D eigenvalue weighted by atomic mass is 10.2. The number of hydrazine groups is 1. The van der Waals surface area contributed by atoms with Gasteiger partial charge in [0.15, 0.2) is 23.5 Å². The van der Waals surface area contributed by atoms with Crippen LogP contribution in [-0.2, 0) is 19.1 Å². The van der Waals surface area contributed by atoms with Crippen LogP contribution in [0, 0.1) is 11.6 Å². The van der Waals surface area contributed by atoms with Crippen LogP contribution < -0.4 is 20.5 Å². The van der Waals surface area contributed by atoms with Crippen molar-refractivity contribution < 1.29 is 46.5 Å². The van der Waals surface area contributed by atoms with Gasteiger partial charge < -0.3 is 24.8 Å². The number of halogens is 4. The van der Waals surface area contributed by atoms with E-state index >= 15 is 8.78 Å². The molecule has 2 heterocycles. The van der Waals surface area contributed by atoms with Crippen molar-refractivity contribution in [3.63, 3.8) is 0 Å². The number of nitrogens with one attached hydrogen (secondary N) is 2. The Kier molecular flexibility index (Phi) is 7.24. The minimum absolute atomic E-state index is 0.108. The van der Waals surface area contributed by atoms with Gasteiger partial charge in [-0.2, -0.15) is 8.78 Å². The number of benzene rings is 1. The molecule has 11 nitrogen and oxygen atoms in total. The number of hydrogen-bond donors (Lipinski definition) is 3. The Morgan fingerprint density at radius 1 is 1.28 bits per heavy atom. The fraction of sp³-hybridized carbons (Fsp3) is 0.571. The monoisotopic (exact) mass is 519 g/mol. The van der Waals surface area contributed by atoms with Crippen LogP contribution in [0.2, 0.25) is 0 Å². The first-order valence-electron chi connectivity index (χ1n) is 11.2. The number of aliphatic hydroxyl groups is 1. The number of carbonyl (C=O) groups is 3. The van der Waals surface area contributed by atoms with Crippen molar-refractivity contribution in [2.45, 2.75) is 37.6 Å². The normalized spacial score (nSPS) is 25.1. The number of ether oxygens (including phenoxy) is 2. The third-order valence-electron chi connectivity index (χ3n) is 6.21. The van der Waals surface area contributed by atoms with Crippen molar-refractivity contribution >= 4 is 29.3 Å². The molecule has 1 aromatic rings. The van der Waals surface area contributed by atoms with Gasteiger partial charge in [-0.15, -0.1) is 0 Å². The first-order chi connectivity index (χ1) is 17.0. The summed E-state index contributed by atoms with van der Waals surface area (Å²) in [5, 5.41) is 13.6. The van der Waals surface area contributed by atoms with Gasteiger partial charge in [0.25, 0.3) is 5.91 Å². The highest BCUT2D eigenvalue weighted by Gasteiger charge is 2.64. The smallest absolute Gasteiger partial charge is 0.415 e. The molecular formula is C21H25F4N5O6. The van der Waals surface area contributed by atoms with E-state index in [2.05, 4.69) is 10.7 Å². The van der Waals surface area contributed by atoms with Crippen LogP contribution in [0.5, 0.6) is 0 Å². The van der Waals surface area contributed by atoms with Gasteiger partial charge in [-0.05, 0) is 0 Å². The van der Waals surface area contributed by atoms with Gasteiger partial charge in [0.2, 0.25) is 0 Å². The van der Waals surface area contributed by atoms with Gasteiger partial charge >= 0.3 is 18.5 Å². The van der Waals surface area contributed by atoms with Crippen LogP contribution in [0.15, 0.2) is 12.1 Å². The highest BCUT2D eigenvalue weighted by atomic mass is 19.3. The van der Waals surface area contributed by atoms with Crippen molar-refractivity contribution in [3.8, 4) is 0 Å². The third kappa shape index (κ3) is 5.32. The number of anilines is 2. The first kappa shape index (κ1) is 25.9. The van der Waals surface area contributed by atoms with Gasteiger partial charge in [-0.1, -0.05) is 0 Å².